The summed E-state index contributed by atoms with van der Waals surface area (Å²) in [5.74, 6) is 1.14. The van der Waals surface area contributed by atoms with Crippen molar-refractivity contribution in [3.63, 3.8) is 0 Å². The number of rotatable bonds is 11. The van der Waals surface area contributed by atoms with Crippen LogP contribution in [0.25, 0.3) is 0 Å². The minimum absolute atomic E-state index is 0.103. The van der Waals surface area contributed by atoms with Gasteiger partial charge in [0, 0.05) is 32.4 Å². The Morgan fingerprint density at radius 1 is 1.06 bits per heavy atom. The van der Waals surface area contributed by atoms with Crippen LogP contribution in [-0.2, 0) is 16.1 Å². The number of amides is 2. The van der Waals surface area contributed by atoms with Crippen molar-refractivity contribution in [2.24, 2.45) is 0 Å². The zero-order chi connectivity index (χ0) is 23.1. The molecule has 0 bridgehead atoms. The first-order chi connectivity index (χ1) is 15.5. The minimum Gasteiger partial charge on any atom is -0.493 e. The van der Waals surface area contributed by atoms with Gasteiger partial charge in [0.2, 0.25) is 11.7 Å². The topological polar surface area (TPSA) is 86.3 Å². The Morgan fingerprint density at radius 3 is 2.34 bits per heavy atom. The van der Waals surface area contributed by atoms with Gasteiger partial charge in [-0.3, -0.25) is 9.59 Å². The third-order valence-corrected chi connectivity index (χ3v) is 5.52. The molecule has 1 N–H and O–H groups in total. The molecular weight excluding hydrogens is 412 g/mol. The van der Waals surface area contributed by atoms with E-state index in [-0.39, 0.29) is 18.2 Å². The summed E-state index contributed by atoms with van der Waals surface area (Å²) in [4.78, 5) is 27.7. The monoisotopic (exact) mass is 442 g/mol. The van der Waals surface area contributed by atoms with E-state index >= 15 is 0 Å². The first-order valence-corrected chi connectivity index (χ1v) is 10.5. The number of carbonyl (C=O) groups excluding carboxylic acids is 2. The van der Waals surface area contributed by atoms with Crippen molar-refractivity contribution < 1.29 is 28.5 Å². The Bertz CT molecular complexity index is 936. The van der Waals surface area contributed by atoms with Gasteiger partial charge in [0.15, 0.2) is 11.5 Å². The summed E-state index contributed by atoms with van der Waals surface area (Å²) >= 11 is 0. The molecule has 1 heterocycles. The van der Waals surface area contributed by atoms with E-state index < -0.39 is 6.04 Å². The highest BCUT2D eigenvalue weighted by Crippen LogP contribution is 2.42. The largest absolute Gasteiger partial charge is 0.493 e. The van der Waals surface area contributed by atoms with Crippen LogP contribution in [0.15, 0.2) is 36.4 Å². The van der Waals surface area contributed by atoms with Gasteiger partial charge in [0.25, 0.3) is 5.91 Å². The highest BCUT2D eigenvalue weighted by Gasteiger charge is 2.35. The number of fused-ring (bicyclic) bond motifs is 1. The molecule has 172 valence electrons. The van der Waals surface area contributed by atoms with Crippen LogP contribution in [0.4, 0.5) is 0 Å². The fourth-order valence-corrected chi connectivity index (χ4v) is 3.92. The highest BCUT2D eigenvalue weighted by atomic mass is 16.5. The summed E-state index contributed by atoms with van der Waals surface area (Å²) in [7, 11) is 6.23. The van der Waals surface area contributed by atoms with E-state index in [4.69, 9.17) is 18.9 Å². The quantitative estimate of drug-likeness (QED) is 0.539. The molecule has 0 fully saturated rings. The zero-order valence-corrected chi connectivity index (χ0v) is 19.0. The molecule has 0 aromatic heterocycles. The van der Waals surface area contributed by atoms with E-state index in [9.17, 15) is 9.59 Å². The molecule has 0 radical (unpaired) electrons. The summed E-state index contributed by atoms with van der Waals surface area (Å²) in [5.41, 5.74) is 2.33. The molecule has 2 aromatic rings. The van der Waals surface area contributed by atoms with Crippen molar-refractivity contribution in [1.82, 2.24) is 10.2 Å². The molecule has 3 rings (SSSR count). The van der Waals surface area contributed by atoms with Crippen molar-refractivity contribution in [2.45, 2.75) is 25.4 Å². The van der Waals surface area contributed by atoms with E-state index in [1.807, 2.05) is 24.3 Å². The Labute approximate surface area is 188 Å². The van der Waals surface area contributed by atoms with Gasteiger partial charge < -0.3 is 29.2 Å². The molecule has 32 heavy (non-hydrogen) atoms. The van der Waals surface area contributed by atoms with Crippen LogP contribution in [0.2, 0.25) is 0 Å². The van der Waals surface area contributed by atoms with Crippen LogP contribution in [0.1, 0.15) is 40.4 Å². The predicted octanol–water partition coefficient (Wildman–Crippen LogP) is 2.95. The van der Waals surface area contributed by atoms with Gasteiger partial charge in [-0.1, -0.05) is 18.2 Å². The summed E-state index contributed by atoms with van der Waals surface area (Å²) < 4.78 is 21.4. The Morgan fingerprint density at radius 2 is 1.75 bits per heavy atom. The number of benzene rings is 2. The average molecular weight is 443 g/mol. The van der Waals surface area contributed by atoms with Crippen LogP contribution >= 0.6 is 0 Å². The van der Waals surface area contributed by atoms with Gasteiger partial charge in [-0.15, -0.1) is 0 Å². The Hall–Kier alpha value is -3.26. The highest BCUT2D eigenvalue weighted by molar-refractivity contribution is 5.98. The van der Waals surface area contributed by atoms with E-state index in [2.05, 4.69) is 5.32 Å². The van der Waals surface area contributed by atoms with Crippen LogP contribution < -0.4 is 19.5 Å². The molecule has 0 saturated carbocycles. The summed E-state index contributed by atoms with van der Waals surface area (Å²) in [6.07, 6.45) is 0.816. The lowest BCUT2D eigenvalue weighted by Crippen LogP contribution is -2.34. The number of carbonyl (C=O) groups is 2. The fourth-order valence-electron chi connectivity index (χ4n) is 3.92. The summed E-state index contributed by atoms with van der Waals surface area (Å²) in [6, 6.07) is 10.6. The number of nitrogens with zero attached hydrogens (tertiary/aromatic N) is 1. The van der Waals surface area contributed by atoms with Crippen molar-refractivity contribution in [2.75, 3.05) is 41.6 Å². The molecule has 1 atom stereocenters. The number of methoxy groups -OCH3 is 4. The molecule has 8 heteroatoms. The fraction of sp³-hybridized carbons (Fsp3) is 0.417. The molecule has 1 aliphatic rings. The molecule has 1 aliphatic heterocycles. The number of nitrogens with one attached hydrogen (secondary N) is 1. The van der Waals surface area contributed by atoms with Crippen molar-refractivity contribution in [1.29, 1.82) is 0 Å². The lowest BCUT2D eigenvalue weighted by molar-refractivity contribution is -0.122. The first kappa shape index (κ1) is 23.4. The van der Waals surface area contributed by atoms with E-state index in [0.29, 0.717) is 48.9 Å². The molecule has 0 unspecified atom stereocenters. The van der Waals surface area contributed by atoms with Gasteiger partial charge >= 0.3 is 0 Å². The van der Waals surface area contributed by atoms with Gasteiger partial charge in [0.05, 0.1) is 33.8 Å². The molecule has 2 amide bonds. The molecule has 8 nitrogen and oxygen atoms in total. The van der Waals surface area contributed by atoms with Gasteiger partial charge in [-0.2, -0.15) is 0 Å². The number of hydrogen-bond acceptors (Lipinski definition) is 6. The number of hydrogen-bond donors (Lipinski definition) is 1. The van der Waals surface area contributed by atoms with E-state index in [1.165, 1.54) is 21.3 Å². The Kier molecular flexibility index (Phi) is 7.94. The number of ether oxygens (including phenoxy) is 4. The molecule has 2 aromatic carbocycles. The van der Waals surface area contributed by atoms with Crippen LogP contribution in [0, 0.1) is 0 Å². The van der Waals surface area contributed by atoms with Crippen LogP contribution in [0.5, 0.6) is 17.2 Å². The third-order valence-electron chi connectivity index (χ3n) is 5.52. The second kappa shape index (κ2) is 10.9. The lowest BCUT2D eigenvalue weighted by atomic mass is 10.00. The van der Waals surface area contributed by atoms with Crippen molar-refractivity contribution in [3.8, 4) is 17.2 Å². The molecule has 0 spiro atoms. The van der Waals surface area contributed by atoms with E-state index in [1.54, 1.807) is 24.1 Å². The van der Waals surface area contributed by atoms with Gasteiger partial charge in [0.1, 0.15) is 0 Å². The average Bonchev–Trinajstić information content (AvgIpc) is 3.15. The van der Waals surface area contributed by atoms with Crippen molar-refractivity contribution in [3.05, 3.63) is 53.1 Å². The predicted molar refractivity (Wildman–Crippen MR) is 119 cm³/mol. The standard InChI is InChI=1S/C24H30N2O6/c1-29-11-7-10-25-22(27)14-19(26-15-16-8-5-6-9-18(16)24(26)28)17-12-20(30-2)23(32-4)21(13-17)31-3/h5-6,8-9,12-13,19H,7,10-11,14-15H2,1-4H3,(H,25,27)/t19-/m0/s1. The van der Waals surface area contributed by atoms with Crippen molar-refractivity contribution >= 4 is 11.8 Å². The first-order valence-electron chi connectivity index (χ1n) is 10.5. The molecule has 0 aliphatic carbocycles. The van der Waals surface area contributed by atoms with Crippen LogP contribution in [0.3, 0.4) is 0 Å². The van der Waals surface area contributed by atoms with E-state index in [0.717, 1.165) is 11.1 Å². The third kappa shape index (κ3) is 4.96. The zero-order valence-electron chi connectivity index (χ0n) is 19.0. The minimum atomic E-state index is -0.508. The maximum Gasteiger partial charge on any atom is 0.255 e. The maximum atomic E-state index is 13.2. The Balaban J connectivity index is 1.94. The second-order valence-corrected chi connectivity index (χ2v) is 7.47. The second-order valence-electron chi connectivity index (χ2n) is 7.47. The van der Waals surface area contributed by atoms with Crippen LogP contribution in [-0.4, -0.2) is 58.3 Å². The lowest BCUT2D eigenvalue weighted by Gasteiger charge is -2.29. The smallest absolute Gasteiger partial charge is 0.255 e. The molecule has 0 saturated heterocycles. The normalized spacial score (nSPS) is 13.5. The summed E-state index contributed by atoms with van der Waals surface area (Å²) in [5, 5.41) is 2.91. The summed E-state index contributed by atoms with van der Waals surface area (Å²) in [6.45, 7) is 1.49. The van der Waals surface area contributed by atoms with Gasteiger partial charge in [-0.25, -0.2) is 0 Å². The molecular formula is C24H30N2O6. The van der Waals surface area contributed by atoms with Gasteiger partial charge in [-0.05, 0) is 35.7 Å². The maximum absolute atomic E-state index is 13.2. The SMILES string of the molecule is COCCCNC(=O)C[C@@H](c1cc(OC)c(OC)c(OC)c1)N1Cc2ccccc2C1=O.